The molecule has 0 bridgehead atoms. The Labute approximate surface area is 145 Å². The van der Waals surface area contributed by atoms with Gasteiger partial charge in [0.05, 0.1) is 20.8 Å². The fraction of sp³-hybridized carbons (Fsp3) is 0.0667. The molecule has 1 N–H and O–H groups in total. The van der Waals surface area contributed by atoms with Crippen LogP contribution in [0.2, 0.25) is 10.0 Å². The summed E-state index contributed by atoms with van der Waals surface area (Å²) < 4.78 is 2.03. The van der Waals surface area contributed by atoms with E-state index in [1.807, 2.05) is 24.5 Å². The lowest BCUT2D eigenvalue weighted by Crippen LogP contribution is -2.12. The molecule has 0 aliphatic carbocycles. The molecule has 22 heavy (non-hydrogen) atoms. The normalized spacial score (nSPS) is 10.9. The second-order valence-corrected chi connectivity index (χ2v) is 7.37. The van der Waals surface area contributed by atoms with Crippen LogP contribution >= 0.6 is 46.3 Å². The zero-order valence-corrected chi connectivity index (χ0v) is 14.5. The lowest BCUT2D eigenvalue weighted by atomic mass is 10.2. The number of thiazole rings is 1. The zero-order chi connectivity index (χ0) is 15.7. The minimum atomic E-state index is -0.268. The van der Waals surface area contributed by atoms with Gasteiger partial charge in [0, 0.05) is 10.7 Å². The predicted octanol–water partition coefficient (Wildman–Crippen LogP) is 5.58. The van der Waals surface area contributed by atoms with Gasteiger partial charge in [0.2, 0.25) is 0 Å². The topological polar surface area (TPSA) is 42.0 Å². The third kappa shape index (κ3) is 3.22. The van der Waals surface area contributed by atoms with Gasteiger partial charge < -0.3 is 5.32 Å². The van der Waals surface area contributed by atoms with Crippen LogP contribution in [0.1, 0.15) is 10.4 Å². The van der Waals surface area contributed by atoms with Gasteiger partial charge in [-0.1, -0.05) is 35.0 Å². The predicted molar refractivity (Wildman–Crippen MR) is 95.8 cm³/mol. The summed E-state index contributed by atoms with van der Waals surface area (Å²) in [6, 6.07) is 10.4. The molecule has 0 radical (unpaired) electrons. The first-order valence-corrected chi connectivity index (χ1v) is 9.07. The van der Waals surface area contributed by atoms with Crippen LogP contribution in [-0.4, -0.2) is 17.1 Å². The summed E-state index contributed by atoms with van der Waals surface area (Å²) in [4.78, 5) is 16.8. The van der Waals surface area contributed by atoms with E-state index in [1.165, 1.54) is 0 Å². The van der Waals surface area contributed by atoms with Crippen molar-refractivity contribution in [1.82, 2.24) is 4.98 Å². The molecule has 0 unspecified atom stereocenters. The van der Waals surface area contributed by atoms with Crippen molar-refractivity contribution in [3.05, 3.63) is 52.0 Å². The molecule has 2 aromatic carbocycles. The van der Waals surface area contributed by atoms with Gasteiger partial charge in [0.1, 0.15) is 0 Å². The molecule has 3 nitrogen and oxygen atoms in total. The van der Waals surface area contributed by atoms with Crippen LogP contribution in [0.15, 0.2) is 40.7 Å². The van der Waals surface area contributed by atoms with Crippen LogP contribution in [0, 0.1) is 0 Å². The summed E-state index contributed by atoms with van der Waals surface area (Å²) in [5.74, 6) is -0.268. The van der Waals surface area contributed by atoms with Crippen molar-refractivity contribution < 1.29 is 4.79 Å². The van der Waals surface area contributed by atoms with Gasteiger partial charge in [0.15, 0.2) is 4.34 Å². The number of anilines is 1. The summed E-state index contributed by atoms with van der Waals surface area (Å²) in [5, 5.41) is 3.67. The number of rotatable bonds is 3. The number of hydrogen-bond donors (Lipinski definition) is 1. The van der Waals surface area contributed by atoms with Gasteiger partial charge in [-0.25, -0.2) is 4.98 Å². The van der Waals surface area contributed by atoms with E-state index in [-0.39, 0.29) is 5.91 Å². The highest BCUT2D eigenvalue weighted by Gasteiger charge is 2.12. The van der Waals surface area contributed by atoms with Gasteiger partial charge in [-0.2, -0.15) is 0 Å². The van der Waals surface area contributed by atoms with E-state index in [4.69, 9.17) is 23.2 Å². The van der Waals surface area contributed by atoms with Gasteiger partial charge in [-0.3, -0.25) is 4.79 Å². The Kier molecular flexibility index (Phi) is 4.59. The molecule has 0 aliphatic heterocycles. The van der Waals surface area contributed by atoms with E-state index >= 15 is 0 Å². The maximum atomic E-state index is 12.3. The standard InChI is InChI=1S/C15H10Cl2N2OS2/c1-21-15-19-12-5-3-9(7-13(12)22-15)18-14(20)10-4-2-8(16)6-11(10)17/h2-7H,1H3,(H,18,20). The first kappa shape index (κ1) is 15.6. The van der Waals surface area contributed by atoms with Gasteiger partial charge in [-0.05, 0) is 42.7 Å². The maximum Gasteiger partial charge on any atom is 0.257 e. The van der Waals surface area contributed by atoms with E-state index in [0.29, 0.717) is 21.3 Å². The average molecular weight is 369 g/mol. The van der Waals surface area contributed by atoms with Crippen LogP contribution in [0.3, 0.4) is 0 Å². The molecule has 1 aromatic heterocycles. The number of fused-ring (bicyclic) bond motifs is 1. The SMILES string of the molecule is CSc1nc2ccc(NC(=O)c3ccc(Cl)cc3Cl)cc2s1. The van der Waals surface area contributed by atoms with E-state index in [1.54, 1.807) is 41.3 Å². The number of amides is 1. The quantitative estimate of drug-likeness (QED) is 0.613. The highest BCUT2D eigenvalue weighted by Crippen LogP contribution is 2.30. The molecule has 1 heterocycles. The molecule has 0 atom stereocenters. The number of hydrogen-bond acceptors (Lipinski definition) is 4. The molecular weight excluding hydrogens is 359 g/mol. The van der Waals surface area contributed by atoms with Crippen LogP contribution in [0.4, 0.5) is 5.69 Å². The van der Waals surface area contributed by atoms with Crippen LogP contribution < -0.4 is 5.32 Å². The largest absolute Gasteiger partial charge is 0.322 e. The van der Waals surface area contributed by atoms with Crippen molar-refractivity contribution in [2.24, 2.45) is 0 Å². The highest BCUT2D eigenvalue weighted by atomic mass is 35.5. The third-order valence-corrected chi connectivity index (χ3v) is 5.53. The fourth-order valence-electron chi connectivity index (χ4n) is 1.94. The number of nitrogens with one attached hydrogen (secondary N) is 1. The molecular formula is C15H10Cl2N2OS2. The van der Waals surface area contributed by atoms with Crippen molar-refractivity contribution in [2.45, 2.75) is 4.34 Å². The van der Waals surface area contributed by atoms with E-state index in [0.717, 1.165) is 14.6 Å². The molecule has 0 spiro atoms. The summed E-state index contributed by atoms with van der Waals surface area (Å²) in [6.07, 6.45) is 1.99. The summed E-state index contributed by atoms with van der Waals surface area (Å²) in [5.41, 5.74) is 2.02. The Bertz CT molecular complexity index is 864. The van der Waals surface area contributed by atoms with Crippen molar-refractivity contribution in [3.8, 4) is 0 Å². The lowest BCUT2D eigenvalue weighted by molar-refractivity contribution is 0.102. The molecule has 3 rings (SSSR count). The molecule has 0 saturated heterocycles. The second-order valence-electron chi connectivity index (χ2n) is 4.44. The third-order valence-electron chi connectivity index (χ3n) is 2.98. The van der Waals surface area contributed by atoms with Crippen molar-refractivity contribution in [1.29, 1.82) is 0 Å². The summed E-state index contributed by atoms with van der Waals surface area (Å²) >= 11 is 15.1. The number of carbonyl (C=O) groups is 1. The Hall–Kier alpha value is -1.27. The molecule has 0 fully saturated rings. The second kappa shape index (κ2) is 6.46. The summed E-state index contributed by atoms with van der Waals surface area (Å²) in [7, 11) is 0. The number of aromatic nitrogens is 1. The Balaban J connectivity index is 1.87. The Morgan fingerprint density at radius 2 is 2.05 bits per heavy atom. The number of thioether (sulfide) groups is 1. The number of halogens is 2. The van der Waals surface area contributed by atoms with Crippen molar-refractivity contribution in [3.63, 3.8) is 0 Å². The van der Waals surface area contributed by atoms with Gasteiger partial charge in [0.25, 0.3) is 5.91 Å². The van der Waals surface area contributed by atoms with Crippen molar-refractivity contribution in [2.75, 3.05) is 11.6 Å². The first-order valence-electron chi connectivity index (χ1n) is 6.28. The number of nitrogens with zero attached hydrogens (tertiary/aromatic N) is 1. The number of benzene rings is 2. The van der Waals surface area contributed by atoms with Crippen LogP contribution in [-0.2, 0) is 0 Å². The Morgan fingerprint density at radius 1 is 1.23 bits per heavy atom. The van der Waals surface area contributed by atoms with Gasteiger partial charge in [-0.15, -0.1) is 11.3 Å². The smallest absolute Gasteiger partial charge is 0.257 e. The summed E-state index contributed by atoms with van der Waals surface area (Å²) in [6.45, 7) is 0. The monoisotopic (exact) mass is 368 g/mol. The first-order chi connectivity index (χ1) is 10.6. The number of carbonyl (C=O) groups excluding carboxylic acids is 1. The Morgan fingerprint density at radius 3 is 2.77 bits per heavy atom. The van der Waals surface area contributed by atoms with Crippen LogP contribution in [0.25, 0.3) is 10.2 Å². The minimum absolute atomic E-state index is 0.268. The zero-order valence-electron chi connectivity index (χ0n) is 11.4. The average Bonchev–Trinajstić information content (AvgIpc) is 2.89. The molecule has 7 heteroatoms. The molecule has 3 aromatic rings. The van der Waals surface area contributed by atoms with E-state index < -0.39 is 0 Å². The lowest BCUT2D eigenvalue weighted by Gasteiger charge is -2.07. The van der Waals surface area contributed by atoms with E-state index in [2.05, 4.69) is 10.3 Å². The van der Waals surface area contributed by atoms with Crippen molar-refractivity contribution >= 4 is 68.1 Å². The molecule has 0 aliphatic rings. The molecule has 1 amide bonds. The maximum absolute atomic E-state index is 12.3. The highest BCUT2D eigenvalue weighted by molar-refractivity contribution is 8.00. The molecule has 0 saturated carbocycles. The minimum Gasteiger partial charge on any atom is -0.322 e. The van der Waals surface area contributed by atoms with E-state index in [9.17, 15) is 4.79 Å². The van der Waals surface area contributed by atoms with Crippen LogP contribution in [0.5, 0.6) is 0 Å². The molecule has 112 valence electrons. The van der Waals surface area contributed by atoms with Gasteiger partial charge >= 0.3 is 0 Å². The fourth-order valence-corrected chi connectivity index (χ4v) is 3.96.